The number of rotatable bonds is 4. The summed E-state index contributed by atoms with van der Waals surface area (Å²) >= 11 is 10.4. The van der Waals surface area contributed by atoms with Gasteiger partial charge >= 0.3 is 0 Å². The van der Waals surface area contributed by atoms with Crippen LogP contribution in [0, 0.1) is 0 Å². The van der Waals surface area contributed by atoms with Crippen LogP contribution < -0.4 is 0 Å². The van der Waals surface area contributed by atoms with Gasteiger partial charge in [-0.2, -0.15) is 0 Å². The molecule has 6 heteroatoms. The highest BCUT2D eigenvalue weighted by Crippen LogP contribution is 2.27. The Morgan fingerprint density at radius 3 is 2.58 bits per heavy atom. The van der Waals surface area contributed by atoms with Gasteiger partial charge in [-0.3, -0.25) is 4.98 Å². The first-order valence-corrected chi connectivity index (χ1v) is 8.58. The van der Waals surface area contributed by atoms with Gasteiger partial charge in [0.1, 0.15) is 5.69 Å². The first-order valence-electron chi connectivity index (χ1n) is 5.87. The summed E-state index contributed by atoms with van der Waals surface area (Å²) in [6, 6.07) is 1.95. The number of aryl methyl sites for hydroxylation is 1. The minimum atomic E-state index is 0.660. The molecule has 0 aromatic carbocycles. The maximum absolute atomic E-state index is 4.65. The van der Waals surface area contributed by atoms with Crippen LogP contribution in [-0.2, 0) is 11.8 Å². The molecule has 100 valence electrons. The highest BCUT2D eigenvalue weighted by Gasteiger charge is 2.11. The molecule has 2 aromatic heterocycles. The zero-order chi connectivity index (χ0) is 13.8. The van der Waals surface area contributed by atoms with Crippen LogP contribution in [0.1, 0.15) is 24.6 Å². The molecule has 2 heterocycles. The van der Waals surface area contributed by atoms with Gasteiger partial charge in [-0.1, -0.05) is 29.3 Å². The van der Waals surface area contributed by atoms with Crippen molar-refractivity contribution in [2.75, 3.05) is 0 Å². The van der Waals surface area contributed by atoms with Gasteiger partial charge in [0.2, 0.25) is 0 Å². The van der Waals surface area contributed by atoms with E-state index in [4.69, 9.17) is 0 Å². The minimum Gasteiger partial charge on any atom is -0.251 e. The van der Waals surface area contributed by atoms with Gasteiger partial charge in [0.15, 0.2) is 5.82 Å². The van der Waals surface area contributed by atoms with Gasteiger partial charge in [0.25, 0.3) is 0 Å². The third-order valence-electron chi connectivity index (χ3n) is 2.60. The summed E-state index contributed by atoms with van der Waals surface area (Å²) in [7, 11) is 0. The van der Waals surface area contributed by atoms with Crippen molar-refractivity contribution < 1.29 is 0 Å². The number of nitrogens with zero attached hydrogens (tertiary/aromatic N) is 3. The quantitative estimate of drug-likeness (QED) is 0.622. The molecule has 0 unspecified atom stereocenters. The summed E-state index contributed by atoms with van der Waals surface area (Å²) in [6.07, 6.45) is 5.63. The van der Waals surface area contributed by atoms with Gasteiger partial charge in [0.05, 0.1) is 0 Å². The monoisotopic (exact) mass is 447 g/mol. The second-order valence-corrected chi connectivity index (χ2v) is 6.36. The van der Waals surface area contributed by atoms with E-state index >= 15 is 0 Å². The van der Waals surface area contributed by atoms with Gasteiger partial charge in [-0.15, -0.1) is 0 Å². The molecular weight excluding hydrogens is 438 g/mol. The van der Waals surface area contributed by atoms with E-state index in [0.29, 0.717) is 5.82 Å². The fourth-order valence-electron chi connectivity index (χ4n) is 1.70. The van der Waals surface area contributed by atoms with E-state index in [1.54, 1.807) is 6.20 Å². The van der Waals surface area contributed by atoms with Crippen molar-refractivity contribution in [2.45, 2.75) is 25.1 Å². The van der Waals surface area contributed by atoms with Crippen molar-refractivity contribution in [1.29, 1.82) is 0 Å². The van der Waals surface area contributed by atoms with Crippen molar-refractivity contribution in [3.63, 3.8) is 0 Å². The lowest BCUT2D eigenvalue weighted by Crippen LogP contribution is -2.01. The zero-order valence-electron chi connectivity index (χ0n) is 10.3. The molecule has 0 atom stereocenters. The lowest BCUT2D eigenvalue weighted by molar-refractivity contribution is 0.859. The average molecular weight is 450 g/mol. The predicted octanol–water partition coefficient (Wildman–Crippen LogP) is 4.91. The number of alkyl halides is 1. The van der Waals surface area contributed by atoms with E-state index in [9.17, 15) is 0 Å². The number of hydrogen-bond acceptors (Lipinski definition) is 3. The molecule has 2 rings (SSSR count). The molecule has 0 fully saturated rings. The largest absolute Gasteiger partial charge is 0.251 e. The Morgan fingerprint density at radius 2 is 1.95 bits per heavy atom. The molecule has 3 nitrogen and oxygen atoms in total. The van der Waals surface area contributed by atoms with Crippen LogP contribution in [0.5, 0.6) is 0 Å². The summed E-state index contributed by atoms with van der Waals surface area (Å²) < 4.78 is 1.81. The van der Waals surface area contributed by atoms with Crippen molar-refractivity contribution in [3.8, 4) is 11.5 Å². The zero-order valence-corrected chi connectivity index (χ0v) is 15.1. The molecule has 0 spiro atoms. The molecule has 0 aliphatic carbocycles. The minimum absolute atomic E-state index is 0.660. The topological polar surface area (TPSA) is 38.7 Å². The second-order valence-electron chi connectivity index (χ2n) is 4.03. The van der Waals surface area contributed by atoms with E-state index < -0.39 is 0 Å². The van der Waals surface area contributed by atoms with E-state index in [1.807, 2.05) is 12.3 Å². The van der Waals surface area contributed by atoms with E-state index in [2.05, 4.69) is 69.7 Å². The van der Waals surface area contributed by atoms with E-state index in [0.717, 1.165) is 44.1 Å². The summed E-state index contributed by atoms with van der Waals surface area (Å²) in [5.41, 5.74) is 2.99. The molecule has 19 heavy (non-hydrogen) atoms. The van der Waals surface area contributed by atoms with E-state index in [-0.39, 0.29) is 0 Å². The molecule has 0 bridgehead atoms. The lowest BCUT2D eigenvalue weighted by atomic mass is 10.1. The summed E-state index contributed by atoms with van der Waals surface area (Å²) in [5, 5.41) is 0.775. The van der Waals surface area contributed by atoms with Crippen LogP contribution in [-0.4, -0.2) is 15.0 Å². The predicted molar refractivity (Wildman–Crippen MR) is 87.3 cm³/mol. The molecule has 0 amide bonds. The SMILES string of the molecule is CCCc1nc(-c2ncc(Br)cc2Br)ncc1CBr. The maximum atomic E-state index is 4.65. The van der Waals surface area contributed by atoms with Crippen molar-refractivity contribution >= 4 is 47.8 Å². The second kappa shape index (κ2) is 6.90. The Morgan fingerprint density at radius 1 is 1.16 bits per heavy atom. The first-order chi connectivity index (χ1) is 9.15. The van der Waals surface area contributed by atoms with Crippen molar-refractivity contribution in [2.24, 2.45) is 0 Å². The normalized spacial score (nSPS) is 10.7. The third kappa shape index (κ3) is 3.61. The summed E-state index contributed by atoms with van der Waals surface area (Å²) in [4.78, 5) is 13.4. The molecule has 0 saturated carbocycles. The van der Waals surface area contributed by atoms with Gasteiger partial charge in [-0.25, -0.2) is 9.97 Å². The highest BCUT2D eigenvalue weighted by atomic mass is 79.9. The smallest absolute Gasteiger partial charge is 0.179 e. The first kappa shape index (κ1) is 15.1. The Kier molecular flexibility index (Phi) is 5.47. The van der Waals surface area contributed by atoms with E-state index in [1.165, 1.54) is 0 Å². The number of pyridine rings is 1. The molecule has 0 saturated heterocycles. The molecule has 0 aliphatic rings. The molecule has 2 aromatic rings. The number of hydrogen-bond donors (Lipinski definition) is 0. The van der Waals surface area contributed by atoms with Gasteiger partial charge in [0, 0.05) is 37.9 Å². The molecule has 0 aliphatic heterocycles. The molecule has 0 radical (unpaired) electrons. The Balaban J connectivity index is 2.47. The Labute approximate surface area is 137 Å². The van der Waals surface area contributed by atoms with Crippen LogP contribution in [0.25, 0.3) is 11.5 Å². The van der Waals surface area contributed by atoms with Crippen LogP contribution in [0.15, 0.2) is 27.4 Å². The summed E-state index contributed by atoms with van der Waals surface area (Å²) in [6.45, 7) is 2.15. The van der Waals surface area contributed by atoms with Crippen molar-refractivity contribution in [1.82, 2.24) is 15.0 Å². The molecule has 0 N–H and O–H groups in total. The van der Waals surface area contributed by atoms with Crippen LogP contribution in [0.2, 0.25) is 0 Å². The fourth-order valence-corrected chi connectivity index (χ4v) is 3.33. The molecular formula is C13H12Br3N3. The van der Waals surface area contributed by atoms with Crippen LogP contribution in [0.3, 0.4) is 0 Å². The maximum Gasteiger partial charge on any atom is 0.179 e. The fraction of sp³-hybridized carbons (Fsp3) is 0.308. The Hall–Kier alpha value is -0.330. The third-order valence-corrected chi connectivity index (χ3v) is 4.25. The summed E-state index contributed by atoms with van der Waals surface area (Å²) in [5.74, 6) is 0.660. The number of aromatic nitrogens is 3. The van der Waals surface area contributed by atoms with Gasteiger partial charge in [-0.05, 0) is 44.3 Å². The Bertz CT molecular complexity index is 587. The van der Waals surface area contributed by atoms with Crippen LogP contribution >= 0.6 is 47.8 Å². The van der Waals surface area contributed by atoms with Crippen molar-refractivity contribution in [3.05, 3.63) is 38.7 Å². The lowest BCUT2D eigenvalue weighted by Gasteiger charge is -2.08. The highest BCUT2D eigenvalue weighted by molar-refractivity contribution is 9.11. The number of halogens is 3. The standard InChI is InChI=1S/C13H12Br3N3/c1-2-3-11-8(5-14)6-18-13(19-11)12-10(16)4-9(15)7-17-12/h4,6-7H,2-3,5H2,1H3. The van der Waals surface area contributed by atoms with Gasteiger partial charge < -0.3 is 0 Å². The average Bonchev–Trinajstić information content (AvgIpc) is 2.39. The van der Waals surface area contributed by atoms with Crippen LogP contribution in [0.4, 0.5) is 0 Å².